The number of carboxylic acid groups (broad SMARTS) is 2. The van der Waals surface area contributed by atoms with Crippen LogP contribution < -0.4 is 5.32 Å². The summed E-state index contributed by atoms with van der Waals surface area (Å²) in [5.74, 6) is -2.45. The van der Waals surface area contributed by atoms with E-state index in [9.17, 15) is 14.4 Å². The second-order valence-corrected chi connectivity index (χ2v) is 3.17. The van der Waals surface area contributed by atoms with Crippen LogP contribution in [0, 0.1) is 0 Å². The zero-order chi connectivity index (χ0) is 14.4. The molecule has 0 aliphatic carbocycles. The average Bonchev–Trinajstić information content (AvgIpc) is 2.33. The van der Waals surface area contributed by atoms with Gasteiger partial charge in [0.1, 0.15) is 0 Å². The van der Waals surface area contributed by atoms with E-state index in [0.717, 1.165) is 18.6 Å². The van der Waals surface area contributed by atoms with Gasteiger partial charge in [-0.05, 0) is 12.8 Å². The maximum Gasteiger partial charge on any atom is 0.328 e. The molecule has 0 aromatic heterocycles. The molecule has 0 saturated heterocycles. The van der Waals surface area contributed by atoms with Crippen LogP contribution in [0.1, 0.15) is 39.5 Å². The molecule has 0 fully saturated rings. The Morgan fingerprint density at radius 2 is 1.61 bits per heavy atom. The molecule has 0 spiro atoms. The number of hydrogen-bond donors (Lipinski definition) is 3. The third-order valence-corrected chi connectivity index (χ3v) is 1.74. The summed E-state index contributed by atoms with van der Waals surface area (Å²) in [6.45, 7) is 4.42. The van der Waals surface area contributed by atoms with Crippen molar-refractivity contribution in [3.63, 3.8) is 0 Å². The smallest absolute Gasteiger partial charge is 0.328 e. The second kappa shape index (κ2) is 13.2. The molecule has 0 aliphatic heterocycles. The van der Waals surface area contributed by atoms with Crippen LogP contribution in [0.5, 0.6) is 0 Å². The topological polar surface area (TPSA) is 104 Å². The standard InChI is InChI=1S/C10H15NO5.C2H6/c12-8(5-6-10(15)16)11-7-3-1-2-4-9(13)14;1-2/h5-6H,1-4,7H2,(H,11,12)(H,13,14)(H,15,16);1-2H3/b6-5-;. The van der Waals surface area contributed by atoms with Crippen LogP contribution in [0.15, 0.2) is 12.2 Å². The Hall–Kier alpha value is -1.85. The molecule has 6 heteroatoms. The third-order valence-electron chi connectivity index (χ3n) is 1.74. The minimum absolute atomic E-state index is 0.132. The highest BCUT2D eigenvalue weighted by Crippen LogP contribution is 1.98. The van der Waals surface area contributed by atoms with Gasteiger partial charge in [-0.2, -0.15) is 0 Å². The Morgan fingerprint density at radius 3 is 2.11 bits per heavy atom. The van der Waals surface area contributed by atoms with Crippen LogP contribution in [0.4, 0.5) is 0 Å². The number of carbonyl (C=O) groups is 3. The van der Waals surface area contributed by atoms with Crippen LogP contribution in [0.2, 0.25) is 0 Å². The van der Waals surface area contributed by atoms with E-state index >= 15 is 0 Å². The first-order valence-corrected chi connectivity index (χ1v) is 5.93. The van der Waals surface area contributed by atoms with Crippen molar-refractivity contribution in [2.45, 2.75) is 39.5 Å². The van der Waals surface area contributed by atoms with Crippen molar-refractivity contribution >= 4 is 17.8 Å². The number of carboxylic acids is 2. The van der Waals surface area contributed by atoms with Gasteiger partial charge in [0.25, 0.3) is 0 Å². The zero-order valence-corrected chi connectivity index (χ0v) is 10.8. The van der Waals surface area contributed by atoms with Gasteiger partial charge in [0, 0.05) is 25.1 Å². The fraction of sp³-hybridized carbons (Fsp3) is 0.583. The van der Waals surface area contributed by atoms with Crippen molar-refractivity contribution in [1.82, 2.24) is 5.32 Å². The van der Waals surface area contributed by atoms with Gasteiger partial charge >= 0.3 is 11.9 Å². The molecular weight excluding hydrogens is 238 g/mol. The lowest BCUT2D eigenvalue weighted by atomic mass is 10.2. The number of carbonyl (C=O) groups excluding carboxylic acids is 1. The van der Waals surface area contributed by atoms with Crippen molar-refractivity contribution in [1.29, 1.82) is 0 Å². The van der Waals surface area contributed by atoms with Gasteiger partial charge in [0.2, 0.25) is 5.91 Å². The number of aliphatic carboxylic acids is 2. The predicted octanol–water partition coefficient (Wildman–Crippen LogP) is 1.41. The molecule has 6 nitrogen and oxygen atoms in total. The van der Waals surface area contributed by atoms with Gasteiger partial charge in [0.15, 0.2) is 0 Å². The summed E-state index contributed by atoms with van der Waals surface area (Å²) in [5.41, 5.74) is 0. The molecule has 0 aromatic rings. The summed E-state index contributed by atoms with van der Waals surface area (Å²) in [6, 6.07) is 0. The summed E-state index contributed by atoms with van der Waals surface area (Å²) in [7, 11) is 0. The van der Waals surface area contributed by atoms with E-state index in [2.05, 4.69) is 5.32 Å². The van der Waals surface area contributed by atoms with Crippen molar-refractivity contribution in [3.05, 3.63) is 12.2 Å². The quantitative estimate of drug-likeness (QED) is 0.451. The second-order valence-electron chi connectivity index (χ2n) is 3.17. The van der Waals surface area contributed by atoms with Crippen LogP contribution in [-0.4, -0.2) is 34.6 Å². The molecule has 0 aromatic carbocycles. The van der Waals surface area contributed by atoms with Gasteiger partial charge in [-0.3, -0.25) is 9.59 Å². The molecule has 0 unspecified atom stereocenters. The molecule has 1 amide bonds. The number of rotatable bonds is 8. The summed E-state index contributed by atoms with van der Waals surface area (Å²) in [5, 5.41) is 19.1. The number of nitrogens with one attached hydrogen (secondary N) is 1. The van der Waals surface area contributed by atoms with Gasteiger partial charge in [-0.1, -0.05) is 20.3 Å². The third kappa shape index (κ3) is 16.6. The number of amides is 1. The van der Waals surface area contributed by atoms with E-state index in [4.69, 9.17) is 10.2 Å². The van der Waals surface area contributed by atoms with Crippen LogP contribution in [0.3, 0.4) is 0 Å². The predicted molar refractivity (Wildman–Crippen MR) is 67.2 cm³/mol. The normalized spacial score (nSPS) is 9.44. The lowest BCUT2D eigenvalue weighted by Crippen LogP contribution is -2.22. The summed E-state index contributed by atoms with van der Waals surface area (Å²) in [6.07, 6.45) is 3.82. The number of hydrogen-bond acceptors (Lipinski definition) is 3. The molecule has 0 heterocycles. The molecule has 3 N–H and O–H groups in total. The van der Waals surface area contributed by atoms with Gasteiger partial charge in [-0.15, -0.1) is 0 Å². The molecule has 0 saturated carbocycles. The van der Waals surface area contributed by atoms with Crippen molar-refractivity contribution in [3.8, 4) is 0 Å². The SMILES string of the molecule is CC.O=C(O)/C=C\C(=O)NCCCCCC(=O)O. The fourth-order valence-corrected chi connectivity index (χ4v) is 0.995. The highest BCUT2D eigenvalue weighted by molar-refractivity contribution is 5.93. The summed E-state index contributed by atoms with van der Waals surface area (Å²) >= 11 is 0. The molecule has 104 valence electrons. The largest absolute Gasteiger partial charge is 0.481 e. The first-order chi connectivity index (χ1) is 8.52. The van der Waals surface area contributed by atoms with E-state index in [1.54, 1.807) is 0 Å². The highest BCUT2D eigenvalue weighted by Gasteiger charge is 1.98. The van der Waals surface area contributed by atoms with E-state index in [1.807, 2.05) is 13.8 Å². The molecule has 0 atom stereocenters. The molecule has 0 radical (unpaired) electrons. The molecular formula is C12H21NO5. The van der Waals surface area contributed by atoms with Crippen molar-refractivity contribution < 1.29 is 24.6 Å². The molecule has 0 bridgehead atoms. The van der Waals surface area contributed by atoms with Gasteiger partial charge in [-0.25, -0.2) is 4.79 Å². The first kappa shape index (κ1) is 18.5. The lowest BCUT2D eigenvalue weighted by Gasteiger charge is -2.00. The van der Waals surface area contributed by atoms with Gasteiger partial charge in [0.05, 0.1) is 0 Å². The van der Waals surface area contributed by atoms with E-state index in [0.29, 0.717) is 19.4 Å². The Morgan fingerprint density at radius 1 is 1.00 bits per heavy atom. The minimum Gasteiger partial charge on any atom is -0.481 e. The van der Waals surface area contributed by atoms with Crippen molar-refractivity contribution in [2.75, 3.05) is 6.54 Å². The van der Waals surface area contributed by atoms with E-state index in [-0.39, 0.29) is 6.42 Å². The van der Waals surface area contributed by atoms with Crippen LogP contribution in [-0.2, 0) is 14.4 Å². The molecule has 0 aliphatic rings. The summed E-state index contributed by atoms with van der Waals surface area (Å²) < 4.78 is 0. The Bertz CT molecular complexity index is 286. The molecule has 0 rings (SSSR count). The fourth-order valence-electron chi connectivity index (χ4n) is 0.995. The number of unbranched alkanes of at least 4 members (excludes halogenated alkanes) is 2. The van der Waals surface area contributed by atoms with Crippen molar-refractivity contribution in [2.24, 2.45) is 0 Å². The summed E-state index contributed by atoms with van der Waals surface area (Å²) in [4.78, 5) is 31.1. The molecule has 18 heavy (non-hydrogen) atoms. The van der Waals surface area contributed by atoms with E-state index in [1.165, 1.54) is 0 Å². The first-order valence-electron chi connectivity index (χ1n) is 5.93. The maximum absolute atomic E-state index is 10.9. The Kier molecular flexibility index (Phi) is 13.6. The van der Waals surface area contributed by atoms with Crippen LogP contribution in [0.25, 0.3) is 0 Å². The monoisotopic (exact) mass is 259 g/mol. The van der Waals surface area contributed by atoms with Crippen LogP contribution >= 0.6 is 0 Å². The minimum atomic E-state index is -1.17. The Balaban J connectivity index is 0. The average molecular weight is 259 g/mol. The lowest BCUT2D eigenvalue weighted by molar-refractivity contribution is -0.137. The maximum atomic E-state index is 10.9. The zero-order valence-electron chi connectivity index (χ0n) is 10.8. The Labute approximate surface area is 107 Å². The van der Waals surface area contributed by atoms with Gasteiger partial charge < -0.3 is 15.5 Å². The highest BCUT2D eigenvalue weighted by atomic mass is 16.4. The van der Waals surface area contributed by atoms with E-state index < -0.39 is 17.8 Å².